The van der Waals surface area contributed by atoms with Crippen molar-refractivity contribution in [2.24, 2.45) is 0 Å². The Kier molecular flexibility index (Phi) is 4.19. The molecule has 4 rings (SSSR count). The molecule has 2 aliphatic heterocycles. The van der Waals surface area contributed by atoms with Crippen molar-refractivity contribution in [3.05, 3.63) is 70.2 Å². The van der Waals surface area contributed by atoms with E-state index in [1.807, 2.05) is 0 Å². The first-order valence-corrected chi connectivity index (χ1v) is 9.06. The van der Waals surface area contributed by atoms with Gasteiger partial charge in [-0.15, -0.1) is 0 Å². The molecule has 0 saturated carbocycles. The van der Waals surface area contributed by atoms with Crippen molar-refractivity contribution in [1.82, 2.24) is 15.1 Å². The standard InChI is InChI=1S/C20H16ClN3O4/c1-20(12-6-8-13(21)9-7-12)18(27)24(19(28)22-20)11-10-23-16(25)14-4-2-3-5-15(14)17(23)26/h2-9H,10-11H2,1H3,(H,22,28)/t20-/m1/s1. The van der Waals surface area contributed by atoms with Crippen molar-refractivity contribution in [2.45, 2.75) is 12.5 Å². The highest BCUT2D eigenvalue weighted by molar-refractivity contribution is 6.30. The fourth-order valence-electron chi connectivity index (χ4n) is 3.52. The number of carbonyl (C=O) groups is 4. The number of nitrogens with one attached hydrogen (secondary N) is 1. The Morgan fingerprint density at radius 2 is 1.39 bits per heavy atom. The van der Waals surface area contributed by atoms with Crippen LogP contribution in [0.2, 0.25) is 5.02 Å². The molecule has 142 valence electrons. The number of halogens is 1. The highest BCUT2D eigenvalue weighted by Crippen LogP contribution is 2.30. The first kappa shape index (κ1) is 18.2. The summed E-state index contributed by atoms with van der Waals surface area (Å²) in [6.45, 7) is 1.46. The molecule has 8 heteroatoms. The average molecular weight is 398 g/mol. The third-order valence-electron chi connectivity index (χ3n) is 5.12. The third-order valence-corrected chi connectivity index (χ3v) is 5.37. The molecule has 1 atom stereocenters. The first-order chi connectivity index (χ1) is 13.3. The fourth-order valence-corrected chi connectivity index (χ4v) is 3.65. The second kappa shape index (κ2) is 6.45. The summed E-state index contributed by atoms with van der Waals surface area (Å²) in [5.41, 5.74) is 0.0220. The van der Waals surface area contributed by atoms with Crippen LogP contribution < -0.4 is 5.32 Å². The lowest BCUT2D eigenvalue weighted by atomic mass is 9.92. The van der Waals surface area contributed by atoms with Gasteiger partial charge in [0.25, 0.3) is 17.7 Å². The molecular weight excluding hydrogens is 382 g/mol. The number of carbonyl (C=O) groups excluding carboxylic acids is 4. The van der Waals surface area contributed by atoms with Gasteiger partial charge in [-0.1, -0.05) is 35.9 Å². The van der Waals surface area contributed by atoms with Crippen LogP contribution in [0.5, 0.6) is 0 Å². The summed E-state index contributed by atoms with van der Waals surface area (Å²) < 4.78 is 0. The monoisotopic (exact) mass is 397 g/mol. The van der Waals surface area contributed by atoms with Crippen LogP contribution in [0.25, 0.3) is 0 Å². The number of benzene rings is 2. The molecule has 0 unspecified atom stereocenters. The second-order valence-corrected chi connectivity index (χ2v) is 7.26. The van der Waals surface area contributed by atoms with E-state index in [-0.39, 0.29) is 13.1 Å². The Balaban J connectivity index is 1.51. The van der Waals surface area contributed by atoms with Gasteiger partial charge in [0.2, 0.25) is 0 Å². The Morgan fingerprint density at radius 1 is 0.857 bits per heavy atom. The van der Waals surface area contributed by atoms with Crippen LogP contribution in [0, 0.1) is 0 Å². The molecule has 0 aromatic heterocycles. The molecule has 2 aromatic carbocycles. The fraction of sp³-hybridized carbons (Fsp3) is 0.200. The molecule has 0 aliphatic carbocycles. The van der Waals surface area contributed by atoms with Gasteiger partial charge in [0.1, 0.15) is 5.54 Å². The minimum atomic E-state index is -1.23. The van der Waals surface area contributed by atoms with Gasteiger partial charge in [-0.25, -0.2) is 4.79 Å². The smallest absolute Gasteiger partial charge is 0.319 e. The van der Waals surface area contributed by atoms with E-state index < -0.39 is 29.3 Å². The number of amides is 5. The molecule has 5 amide bonds. The largest absolute Gasteiger partial charge is 0.325 e. The molecule has 0 bridgehead atoms. The van der Waals surface area contributed by atoms with E-state index in [0.29, 0.717) is 21.7 Å². The highest BCUT2D eigenvalue weighted by atomic mass is 35.5. The maximum Gasteiger partial charge on any atom is 0.325 e. The Morgan fingerprint density at radius 3 is 1.96 bits per heavy atom. The van der Waals surface area contributed by atoms with E-state index in [1.54, 1.807) is 55.5 Å². The van der Waals surface area contributed by atoms with Crippen LogP contribution in [-0.4, -0.2) is 46.6 Å². The zero-order valence-corrected chi connectivity index (χ0v) is 15.7. The topological polar surface area (TPSA) is 86.8 Å². The number of fused-ring (bicyclic) bond motifs is 1. The van der Waals surface area contributed by atoms with Crippen molar-refractivity contribution in [1.29, 1.82) is 0 Å². The average Bonchev–Trinajstić information content (AvgIpc) is 3.06. The van der Waals surface area contributed by atoms with Gasteiger partial charge in [0, 0.05) is 18.1 Å². The molecule has 1 N–H and O–H groups in total. The van der Waals surface area contributed by atoms with Crippen LogP contribution in [0.1, 0.15) is 33.2 Å². The molecule has 7 nitrogen and oxygen atoms in total. The maximum absolute atomic E-state index is 12.9. The normalized spacial score (nSPS) is 21.4. The Hall–Kier alpha value is -3.19. The zero-order chi connectivity index (χ0) is 20.1. The number of nitrogens with zero attached hydrogens (tertiary/aromatic N) is 2. The molecule has 2 heterocycles. The molecule has 1 saturated heterocycles. The van der Waals surface area contributed by atoms with Gasteiger partial charge in [-0.2, -0.15) is 0 Å². The number of rotatable bonds is 4. The Labute approximate surface area is 165 Å². The molecule has 0 radical (unpaired) electrons. The molecular formula is C20H16ClN3O4. The van der Waals surface area contributed by atoms with Crippen LogP contribution in [0.3, 0.4) is 0 Å². The van der Waals surface area contributed by atoms with Crippen molar-refractivity contribution in [3.63, 3.8) is 0 Å². The first-order valence-electron chi connectivity index (χ1n) is 8.68. The van der Waals surface area contributed by atoms with Crippen molar-refractivity contribution in [2.75, 3.05) is 13.1 Å². The van der Waals surface area contributed by atoms with Gasteiger partial charge in [0.05, 0.1) is 11.1 Å². The quantitative estimate of drug-likeness (QED) is 0.634. The summed E-state index contributed by atoms with van der Waals surface area (Å²) in [5.74, 6) is -1.29. The molecule has 28 heavy (non-hydrogen) atoms. The van der Waals surface area contributed by atoms with Gasteiger partial charge < -0.3 is 5.32 Å². The number of urea groups is 1. The van der Waals surface area contributed by atoms with Crippen molar-refractivity contribution in [3.8, 4) is 0 Å². The van der Waals surface area contributed by atoms with Crippen LogP contribution in [0.15, 0.2) is 48.5 Å². The lowest BCUT2D eigenvalue weighted by Gasteiger charge is -2.23. The molecule has 2 aliphatic rings. The summed E-state index contributed by atoms with van der Waals surface area (Å²) in [6.07, 6.45) is 0. The van der Waals surface area contributed by atoms with E-state index in [4.69, 9.17) is 11.6 Å². The summed E-state index contributed by atoms with van der Waals surface area (Å²) in [5, 5.41) is 3.21. The predicted molar refractivity (Wildman–Crippen MR) is 101 cm³/mol. The zero-order valence-electron chi connectivity index (χ0n) is 14.9. The number of hydrogen-bond donors (Lipinski definition) is 1. The van der Waals surface area contributed by atoms with Crippen LogP contribution in [-0.2, 0) is 10.3 Å². The van der Waals surface area contributed by atoms with E-state index in [1.165, 1.54) is 0 Å². The van der Waals surface area contributed by atoms with Crippen molar-refractivity contribution >= 4 is 35.4 Å². The summed E-state index contributed by atoms with van der Waals surface area (Å²) in [7, 11) is 0. The van der Waals surface area contributed by atoms with Crippen LogP contribution >= 0.6 is 11.6 Å². The Bertz CT molecular complexity index is 985. The minimum absolute atomic E-state index is 0.0673. The summed E-state index contributed by atoms with van der Waals surface area (Å²) >= 11 is 5.89. The van der Waals surface area contributed by atoms with E-state index in [2.05, 4.69) is 5.32 Å². The summed E-state index contributed by atoms with van der Waals surface area (Å²) in [6, 6.07) is 12.6. The van der Waals surface area contributed by atoms with Gasteiger partial charge in [-0.3, -0.25) is 24.2 Å². The number of imide groups is 2. The maximum atomic E-state index is 12.9. The van der Waals surface area contributed by atoms with E-state index in [9.17, 15) is 19.2 Å². The second-order valence-electron chi connectivity index (χ2n) is 6.83. The van der Waals surface area contributed by atoms with E-state index >= 15 is 0 Å². The lowest BCUT2D eigenvalue weighted by molar-refractivity contribution is -0.131. The lowest BCUT2D eigenvalue weighted by Crippen LogP contribution is -2.43. The predicted octanol–water partition coefficient (Wildman–Crippen LogP) is 2.40. The number of hydrogen-bond acceptors (Lipinski definition) is 4. The molecule has 1 fully saturated rings. The SMILES string of the molecule is C[C@]1(c2ccc(Cl)cc2)NC(=O)N(CCN2C(=O)c3ccccc3C2=O)C1=O. The molecule has 0 spiro atoms. The van der Waals surface area contributed by atoms with Crippen molar-refractivity contribution < 1.29 is 19.2 Å². The van der Waals surface area contributed by atoms with E-state index in [0.717, 1.165) is 9.80 Å². The minimum Gasteiger partial charge on any atom is -0.319 e. The van der Waals surface area contributed by atoms with Gasteiger partial charge >= 0.3 is 6.03 Å². The van der Waals surface area contributed by atoms with Crippen LogP contribution in [0.4, 0.5) is 4.79 Å². The third kappa shape index (κ3) is 2.66. The van der Waals surface area contributed by atoms with Gasteiger partial charge in [-0.05, 0) is 36.8 Å². The van der Waals surface area contributed by atoms with Gasteiger partial charge in [0.15, 0.2) is 0 Å². The summed E-state index contributed by atoms with van der Waals surface area (Å²) in [4.78, 5) is 52.3. The molecule has 2 aromatic rings. The highest BCUT2D eigenvalue weighted by Gasteiger charge is 2.49.